The van der Waals surface area contributed by atoms with Gasteiger partial charge in [0.2, 0.25) is 10.0 Å². The van der Waals surface area contributed by atoms with Crippen LogP contribution in [0, 0.1) is 11.7 Å². The molecule has 0 bridgehead atoms. The van der Waals surface area contributed by atoms with Gasteiger partial charge in [-0.3, -0.25) is 0 Å². The van der Waals surface area contributed by atoms with Crippen molar-refractivity contribution >= 4 is 26.0 Å². The molecule has 1 aromatic rings. The van der Waals surface area contributed by atoms with Gasteiger partial charge in [0.25, 0.3) is 0 Å². The quantitative estimate of drug-likeness (QED) is 0.890. The molecule has 1 aromatic carbocycles. The second-order valence-corrected chi connectivity index (χ2v) is 7.71. The Labute approximate surface area is 127 Å². The molecule has 0 radical (unpaired) electrons. The van der Waals surface area contributed by atoms with Gasteiger partial charge in [0.1, 0.15) is 10.7 Å². The molecule has 112 valence electrons. The fourth-order valence-electron chi connectivity index (χ4n) is 2.56. The second kappa shape index (κ2) is 6.51. The van der Waals surface area contributed by atoms with Crippen molar-refractivity contribution in [3.63, 3.8) is 0 Å². The summed E-state index contributed by atoms with van der Waals surface area (Å²) in [6, 6.07) is 4.20. The number of benzene rings is 1. The Morgan fingerprint density at radius 2 is 2.25 bits per heavy atom. The summed E-state index contributed by atoms with van der Waals surface area (Å²) in [7, 11) is -1.94. The molecule has 2 rings (SSSR count). The van der Waals surface area contributed by atoms with Crippen molar-refractivity contribution in [3.8, 4) is 0 Å². The minimum Gasteiger partial charge on any atom is -0.319 e. The van der Waals surface area contributed by atoms with Crippen LogP contribution >= 0.6 is 15.9 Å². The summed E-state index contributed by atoms with van der Waals surface area (Å²) in [5.41, 5.74) is 0. The van der Waals surface area contributed by atoms with Gasteiger partial charge < -0.3 is 5.32 Å². The summed E-state index contributed by atoms with van der Waals surface area (Å²) < 4.78 is 40.8. The van der Waals surface area contributed by atoms with Gasteiger partial charge in [-0.2, -0.15) is 4.31 Å². The van der Waals surface area contributed by atoms with E-state index in [9.17, 15) is 12.8 Å². The zero-order chi connectivity index (χ0) is 14.8. The van der Waals surface area contributed by atoms with E-state index < -0.39 is 15.8 Å². The van der Waals surface area contributed by atoms with E-state index in [1.54, 1.807) is 6.07 Å². The van der Waals surface area contributed by atoms with Gasteiger partial charge in [0.15, 0.2) is 0 Å². The third-order valence-electron chi connectivity index (χ3n) is 3.49. The van der Waals surface area contributed by atoms with Crippen molar-refractivity contribution in [2.24, 2.45) is 5.92 Å². The first-order valence-corrected chi connectivity index (χ1v) is 8.79. The Morgan fingerprint density at radius 1 is 1.50 bits per heavy atom. The minimum absolute atomic E-state index is 0.259. The predicted octanol–water partition coefficient (Wildman–Crippen LogP) is 2.21. The van der Waals surface area contributed by atoms with Crippen molar-refractivity contribution < 1.29 is 12.8 Å². The first-order valence-electron chi connectivity index (χ1n) is 6.55. The average Bonchev–Trinajstić information content (AvgIpc) is 2.39. The van der Waals surface area contributed by atoms with Gasteiger partial charge in [-0.05, 0) is 60.4 Å². The van der Waals surface area contributed by atoms with Crippen LogP contribution in [0.2, 0.25) is 0 Å². The number of rotatable bonds is 4. The molecule has 1 saturated heterocycles. The standard InChI is InChI=1S/C13H18BrFN2O2S/c1-16-8-10-4-3-7-17(9-10)20(18,19)13-11(14)5-2-6-12(13)15/h2,5-6,10,16H,3-4,7-9H2,1H3. The van der Waals surface area contributed by atoms with Crippen molar-refractivity contribution in [2.75, 3.05) is 26.7 Å². The highest BCUT2D eigenvalue weighted by Crippen LogP contribution is 2.30. The molecule has 20 heavy (non-hydrogen) atoms. The van der Waals surface area contributed by atoms with Gasteiger partial charge >= 0.3 is 0 Å². The third kappa shape index (κ3) is 3.21. The average molecular weight is 365 g/mol. The molecule has 0 aliphatic carbocycles. The molecule has 0 saturated carbocycles. The Morgan fingerprint density at radius 3 is 2.90 bits per heavy atom. The van der Waals surface area contributed by atoms with Crippen LogP contribution in [0.15, 0.2) is 27.6 Å². The zero-order valence-electron chi connectivity index (χ0n) is 11.3. The summed E-state index contributed by atoms with van der Waals surface area (Å²) in [5, 5.41) is 3.07. The van der Waals surface area contributed by atoms with Crippen LogP contribution in [-0.4, -0.2) is 39.4 Å². The van der Waals surface area contributed by atoms with E-state index in [0.717, 1.165) is 19.4 Å². The first kappa shape index (κ1) is 15.9. The molecule has 0 spiro atoms. The van der Waals surface area contributed by atoms with Crippen molar-refractivity contribution in [2.45, 2.75) is 17.7 Å². The topological polar surface area (TPSA) is 49.4 Å². The number of halogens is 2. The van der Waals surface area contributed by atoms with E-state index in [4.69, 9.17) is 0 Å². The van der Waals surface area contributed by atoms with Gasteiger partial charge in [-0.15, -0.1) is 0 Å². The largest absolute Gasteiger partial charge is 0.319 e. The van der Waals surface area contributed by atoms with Crippen LogP contribution in [0.3, 0.4) is 0 Å². The highest BCUT2D eigenvalue weighted by atomic mass is 79.9. The van der Waals surface area contributed by atoms with Crippen molar-refractivity contribution in [1.82, 2.24) is 9.62 Å². The highest BCUT2D eigenvalue weighted by Gasteiger charge is 2.33. The Balaban J connectivity index is 2.30. The fraction of sp³-hybridized carbons (Fsp3) is 0.538. The maximum Gasteiger partial charge on any atom is 0.247 e. The highest BCUT2D eigenvalue weighted by molar-refractivity contribution is 9.10. The monoisotopic (exact) mass is 364 g/mol. The molecule has 1 heterocycles. The number of nitrogens with one attached hydrogen (secondary N) is 1. The molecule has 1 aliphatic rings. The molecule has 4 nitrogen and oxygen atoms in total. The second-order valence-electron chi connectivity index (χ2n) is 4.98. The van der Waals surface area contributed by atoms with Crippen LogP contribution < -0.4 is 5.32 Å². The Kier molecular flexibility index (Phi) is 5.17. The lowest BCUT2D eigenvalue weighted by Gasteiger charge is -2.32. The summed E-state index contributed by atoms with van der Waals surface area (Å²) in [6.45, 7) is 1.65. The lowest BCUT2D eigenvalue weighted by Crippen LogP contribution is -2.42. The predicted molar refractivity (Wildman–Crippen MR) is 79.5 cm³/mol. The fourth-order valence-corrected chi connectivity index (χ4v) is 5.18. The van der Waals surface area contributed by atoms with E-state index >= 15 is 0 Å². The molecule has 1 unspecified atom stereocenters. The van der Waals surface area contributed by atoms with Crippen LogP contribution in [0.1, 0.15) is 12.8 Å². The van der Waals surface area contributed by atoms with Gasteiger partial charge in [-0.25, -0.2) is 12.8 Å². The van der Waals surface area contributed by atoms with E-state index in [1.807, 2.05) is 7.05 Å². The molecule has 0 amide bonds. The number of hydrogen-bond acceptors (Lipinski definition) is 3. The summed E-state index contributed by atoms with van der Waals surface area (Å²) in [6.07, 6.45) is 1.79. The number of sulfonamides is 1. The van der Waals surface area contributed by atoms with Crippen LogP contribution in [-0.2, 0) is 10.0 Å². The van der Waals surface area contributed by atoms with Crippen LogP contribution in [0.5, 0.6) is 0 Å². The molecular weight excluding hydrogens is 347 g/mol. The Bertz CT molecular complexity index is 557. The Hall–Kier alpha value is -0.500. The molecule has 1 atom stereocenters. The van der Waals surface area contributed by atoms with E-state index in [-0.39, 0.29) is 15.3 Å². The van der Waals surface area contributed by atoms with Crippen LogP contribution in [0.4, 0.5) is 4.39 Å². The number of piperidine rings is 1. The van der Waals surface area contributed by atoms with E-state index in [2.05, 4.69) is 21.2 Å². The molecule has 7 heteroatoms. The first-order chi connectivity index (χ1) is 9.46. The van der Waals surface area contributed by atoms with Crippen molar-refractivity contribution in [1.29, 1.82) is 0 Å². The summed E-state index contributed by atoms with van der Waals surface area (Å²) >= 11 is 3.14. The van der Waals surface area contributed by atoms with Crippen LogP contribution in [0.25, 0.3) is 0 Å². The maximum atomic E-state index is 13.9. The molecule has 1 aliphatic heterocycles. The molecule has 1 N–H and O–H groups in total. The van der Waals surface area contributed by atoms with Gasteiger partial charge in [0, 0.05) is 17.6 Å². The lowest BCUT2D eigenvalue weighted by molar-refractivity contribution is 0.262. The normalized spacial score (nSPS) is 21.1. The number of nitrogens with zero attached hydrogens (tertiary/aromatic N) is 1. The third-order valence-corrected chi connectivity index (χ3v) is 6.36. The number of hydrogen-bond donors (Lipinski definition) is 1. The maximum absolute atomic E-state index is 13.9. The van der Waals surface area contributed by atoms with E-state index in [0.29, 0.717) is 13.1 Å². The van der Waals surface area contributed by atoms with Crippen molar-refractivity contribution in [3.05, 3.63) is 28.5 Å². The molecular formula is C13H18BrFN2O2S. The lowest BCUT2D eigenvalue weighted by atomic mass is 10.00. The SMILES string of the molecule is CNCC1CCCN(S(=O)(=O)c2c(F)cccc2Br)C1. The molecule has 0 aromatic heterocycles. The minimum atomic E-state index is -3.79. The smallest absolute Gasteiger partial charge is 0.247 e. The summed E-state index contributed by atoms with van der Waals surface area (Å²) in [4.78, 5) is -0.259. The van der Waals surface area contributed by atoms with Gasteiger partial charge in [0.05, 0.1) is 0 Å². The molecule has 1 fully saturated rings. The van der Waals surface area contributed by atoms with E-state index in [1.165, 1.54) is 16.4 Å². The summed E-state index contributed by atoms with van der Waals surface area (Å²) in [5.74, 6) is -0.441. The zero-order valence-corrected chi connectivity index (χ0v) is 13.7. The van der Waals surface area contributed by atoms with Gasteiger partial charge in [-0.1, -0.05) is 6.07 Å².